The number of alkyl halides is 3. The first-order chi connectivity index (χ1) is 17.8. The zero-order chi connectivity index (χ0) is 25.8. The Balaban J connectivity index is 1.35. The van der Waals surface area contributed by atoms with E-state index in [1.807, 2.05) is 6.07 Å². The van der Waals surface area contributed by atoms with Gasteiger partial charge in [-0.25, -0.2) is 9.97 Å². The lowest BCUT2D eigenvalue weighted by molar-refractivity contribution is -0.137. The van der Waals surface area contributed by atoms with Crippen LogP contribution in [0.1, 0.15) is 16.8 Å². The number of nitrogen functional groups attached to an aromatic ring is 1. The van der Waals surface area contributed by atoms with Gasteiger partial charge in [-0.05, 0) is 30.2 Å². The van der Waals surface area contributed by atoms with Crippen LogP contribution in [-0.4, -0.2) is 65.3 Å². The number of hydrogen-bond acceptors (Lipinski definition) is 9. The van der Waals surface area contributed by atoms with Crippen LogP contribution in [0.4, 0.5) is 18.3 Å². The van der Waals surface area contributed by atoms with Crippen molar-refractivity contribution in [3.05, 3.63) is 59.5 Å². The van der Waals surface area contributed by atoms with Gasteiger partial charge in [-0.3, -0.25) is 9.88 Å². The normalized spacial score (nSPS) is 15.9. The Labute approximate surface area is 220 Å². The van der Waals surface area contributed by atoms with Crippen LogP contribution in [-0.2, 0) is 23.8 Å². The number of halogens is 3. The standard InChI is InChI=1S/C25H27F3N6OS2/c26-25(27,28)17-3-1-16(2-4-17)13-18(31-7-8-34-9-11-35-12-10-34)14-20-22(37-24(29)33-20)23-32-19-5-6-30-15-21(19)36-23/h1-6,15,18,31H,7-14H2,(H2,29,33)/t18-/m0/s1. The second-order valence-corrected chi connectivity index (χ2v) is 11.0. The summed E-state index contributed by atoms with van der Waals surface area (Å²) in [6, 6.07) is 7.21. The number of nitrogens with zero attached hydrogens (tertiary/aromatic N) is 4. The van der Waals surface area contributed by atoms with Gasteiger partial charge in [-0.15, -0.1) is 11.3 Å². The maximum Gasteiger partial charge on any atom is 0.416 e. The van der Waals surface area contributed by atoms with Crippen LogP contribution >= 0.6 is 22.7 Å². The highest BCUT2D eigenvalue weighted by atomic mass is 32.1. The lowest BCUT2D eigenvalue weighted by atomic mass is 10.00. The maximum absolute atomic E-state index is 13.0. The Hall–Kier alpha value is -2.64. The van der Waals surface area contributed by atoms with Crippen molar-refractivity contribution in [2.75, 3.05) is 45.1 Å². The van der Waals surface area contributed by atoms with Gasteiger partial charge in [0.05, 0.1) is 39.6 Å². The molecule has 0 saturated carbocycles. The van der Waals surface area contributed by atoms with Gasteiger partial charge in [0.2, 0.25) is 0 Å². The average Bonchev–Trinajstić information content (AvgIpc) is 3.47. The summed E-state index contributed by atoms with van der Waals surface area (Å²) in [5, 5.41) is 4.92. The molecule has 7 nitrogen and oxygen atoms in total. The van der Waals surface area contributed by atoms with E-state index in [1.54, 1.807) is 35.9 Å². The monoisotopic (exact) mass is 548 g/mol. The van der Waals surface area contributed by atoms with Crippen molar-refractivity contribution in [2.45, 2.75) is 25.1 Å². The second kappa shape index (κ2) is 11.4. The smallest absolute Gasteiger partial charge is 0.379 e. The number of hydrogen-bond donors (Lipinski definition) is 2. The number of thiazole rings is 2. The van der Waals surface area contributed by atoms with E-state index in [1.165, 1.54) is 11.3 Å². The molecule has 0 spiro atoms. The van der Waals surface area contributed by atoms with Crippen molar-refractivity contribution < 1.29 is 17.9 Å². The van der Waals surface area contributed by atoms with Crippen LogP contribution in [0.15, 0.2) is 42.7 Å². The molecule has 1 saturated heterocycles. The number of fused-ring (bicyclic) bond motifs is 1. The van der Waals surface area contributed by atoms with E-state index in [0.717, 1.165) is 82.9 Å². The van der Waals surface area contributed by atoms with Crippen LogP contribution in [0, 0.1) is 0 Å². The second-order valence-electron chi connectivity index (χ2n) is 8.90. The third-order valence-electron chi connectivity index (χ3n) is 6.27. The number of nitrogens with one attached hydrogen (secondary N) is 1. The highest BCUT2D eigenvalue weighted by Gasteiger charge is 2.30. The SMILES string of the molecule is Nc1nc(C[C@H](Cc2ccc(C(F)(F)F)cc2)NCCN2CCOCC2)c(-c2nc3ccncc3s2)s1. The fourth-order valence-corrected chi connectivity index (χ4v) is 6.26. The molecular weight excluding hydrogens is 521 g/mol. The fourth-order valence-electron chi connectivity index (χ4n) is 4.37. The lowest BCUT2D eigenvalue weighted by Crippen LogP contribution is -2.43. The Bertz CT molecular complexity index is 1290. The number of aromatic nitrogens is 3. The minimum atomic E-state index is -4.35. The minimum Gasteiger partial charge on any atom is -0.379 e. The zero-order valence-electron chi connectivity index (χ0n) is 20.0. The number of morpholine rings is 1. The highest BCUT2D eigenvalue weighted by Crippen LogP contribution is 2.37. The molecule has 0 radical (unpaired) electrons. The van der Waals surface area contributed by atoms with E-state index in [-0.39, 0.29) is 6.04 Å². The molecule has 12 heteroatoms. The molecule has 0 amide bonds. The third kappa shape index (κ3) is 6.63. The highest BCUT2D eigenvalue weighted by molar-refractivity contribution is 7.26. The molecule has 196 valence electrons. The van der Waals surface area contributed by atoms with Crippen molar-refractivity contribution in [3.8, 4) is 9.88 Å². The van der Waals surface area contributed by atoms with Crippen LogP contribution in [0.5, 0.6) is 0 Å². The largest absolute Gasteiger partial charge is 0.416 e. The molecule has 3 aromatic heterocycles. The molecule has 5 rings (SSSR count). The number of pyridine rings is 1. The van der Waals surface area contributed by atoms with Crippen molar-refractivity contribution in [1.29, 1.82) is 0 Å². The van der Waals surface area contributed by atoms with E-state index in [0.29, 0.717) is 18.0 Å². The molecule has 3 N–H and O–H groups in total. The van der Waals surface area contributed by atoms with Gasteiger partial charge in [-0.1, -0.05) is 23.5 Å². The summed E-state index contributed by atoms with van der Waals surface area (Å²) in [4.78, 5) is 16.8. The van der Waals surface area contributed by atoms with E-state index in [4.69, 9.17) is 15.5 Å². The number of anilines is 1. The van der Waals surface area contributed by atoms with Crippen molar-refractivity contribution in [1.82, 2.24) is 25.2 Å². The Morgan fingerprint density at radius 1 is 1.05 bits per heavy atom. The molecule has 0 unspecified atom stereocenters. The summed E-state index contributed by atoms with van der Waals surface area (Å²) in [5.41, 5.74) is 8.01. The molecule has 1 aromatic carbocycles. The minimum absolute atomic E-state index is 0.0472. The topological polar surface area (TPSA) is 89.2 Å². The van der Waals surface area contributed by atoms with Crippen LogP contribution in [0.2, 0.25) is 0 Å². The summed E-state index contributed by atoms with van der Waals surface area (Å²) >= 11 is 2.95. The summed E-state index contributed by atoms with van der Waals surface area (Å²) in [7, 11) is 0. The molecule has 0 bridgehead atoms. The predicted molar refractivity (Wildman–Crippen MR) is 141 cm³/mol. The first-order valence-corrected chi connectivity index (χ1v) is 13.6. The summed E-state index contributed by atoms with van der Waals surface area (Å²) in [6.07, 6.45) is 0.283. The first kappa shape index (κ1) is 26.0. The lowest BCUT2D eigenvalue weighted by Gasteiger charge is -2.27. The van der Waals surface area contributed by atoms with Gasteiger partial charge in [0.1, 0.15) is 5.01 Å². The number of nitrogens with two attached hydrogens (primary N) is 1. The van der Waals surface area contributed by atoms with Crippen LogP contribution < -0.4 is 11.1 Å². The van der Waals surface area contributed by atoms with E-state index in [9.17, 15) is 13.2 Å². The van der Waals surface area contributed by atoms with Crippen LogP contribution in [0.25, 0.3) is 20.1 Å². The first-order valence-electron chi connectivity index (χ1n) is 12.0. The summed E-state index contributed by atoms with van der Waals surface area (Å²) in [6.45, 7) is 4.86. The maximum atomic E-state index is 13.0. The number of ether oxygens (including phenoxy) is 1. The van der Waals surface area contributed by atoms with E-state index < -0.39 is 11.7 Å². The molecule has 37 heavy (non-hydrogen) atoms. The third-order valence-corrected chi connectivity index (χ3v) is 8.35. The van der Waals surface area contributed by atoms with Gasteiger partial charge in [0.15, 0.2) is 5.13 Å². The van der Waals surface area contributed by atoms with Crippen molar-refractivity contribution in [3.63, 3.8) is 0 Å². The Morgan fingerprint density at radius 2 is 1.84 bits per heavy atom. The number of benzene rings is 1. The van der Waals surface area contributed by atoms with Gasteiger partial charge < -0.3 is 15.8 Å². The predicted octanol–water partition coefficient (Wildman–Crippen LogP) is 4.49. The molecule has 0 aliphatic carbocycles. The molecule has 1 aliphatic heterocycles. The molecule has 1 atom stereocenters. The van der Waals surface area contributed by atoms with Crippen LogP contribution in [0.3, 0.4) is 0 Å². The van der Waals surface area contributed by atoms with E-state index in [2.05, 4.69) is 20.2 Å². The molecule has 1 aliphatic rings. The zero-order valence-corrected chi connectivity index (χ0v) is 21.6. The summed E-state index contributed by atoms with van der Waals surface area (Å²) in [5.74, 6) is 0. The summed E-state index contributed by atoms with van der Waals surface area (Å²) < 4.78 is 45.5. The molecular formula is C25H27F3N6OS2. The van der Waals surface area contributed by atoms with Gasteiger partial charge >= 0.3 is 6.18 Å². The number of rotatable bonds is 9. The molecule has 4 aromatic rings. The van der Waals surface area contributed by atoms with E-state index >= 15 is 0 Å². The Kier molecular flexibility index (Phi) is 8.01. The Morgan fingerprint density at radius 3 is 2.57 bits per heavy atom. The van der Waals surface area contributed by atoms with Gasteiger partial charge in [0.25, 0.3) is 0 Å². The van der Waals surface area contributed by atoms with Gasteiger partial charge in [-0.2, -0.15) is 13.2 Å². The van der Waals surface area contributed by atoms with Crippen molar-refractivity contribution in [2.24, 2.45) is 0 Å². The molecule has 1 fully saturated rings. The quantitative estimate of drug-likeness (QED) is 0.319. The van der Waals surface area contributed by atoms with Gasteiger partial charge in [0, 0.05) is 51.0 Å². The fraction of sp³-hybridized carbons (Fsp3) is 0.400. The molecule has 4 heterocycles. The van der Waals surface area contributed by atoms with Crippen molar-refractivity contribution >= 4 is 38.0 Å². The average molecular weight is 549 g/mol.